The Balaban J connectivity index is 2.65. The van der Waals surface area contributed by atoms with Crippen LogP contribution in [-0.2, 0) is 9.53 Å². The van der Waals surface area contributed by atoms with Gasteiger partial charge in [0.25, 0.3) is 5.95 Å². The third kappa shape index (κ3) is 0.988. The molecule has 0 saturated carbocycles. The highest BCUT2D eigenvalue weighted by Gasteiger charge is 2.34. The average Bonchev–Trinajstić information content (AvgIpc) is 2.33. The van der Waals surface area contributed by atoms with Gasteiger partial charge in [-0.05, 0) is 6.42 Å². The Labute approximate surface area is 59.3 Å². The molecule has 1 unspecified atom stereocenters. The van der Waals surface area contributed by atoms with E-state index in [0.717, 1.165) is 6.29 Å². The Hall–Kier alpha value is -0.990. The number of aliphatic hydroxyl groups excluding tert-OH is 1. The van der Waals surface area contributed by atoms with Gasteiger partial charge in [0.2, 0.25) is 0 Å². The molecule has 1 aliphatic heterocycles. The van der Waals surface area contributed by atoms with Gasteiger partial charge in [0.1, 0.15) is 0 Å². The second-order valence-electron chi connectivity index (χ2n) is 2.38. The third-order valence-corrected chi connectivity index (χ3v) is 1.74. The van der Waals surface area contributed by atoms with Crippen LogP contribution in [0.5, 0.6) is 0 Å². The standard InChI is InChI=1S/C7H10O3/c1-2-7(5-8)4-3-6(9)10-7/h3,5,9H,2,4H2,1H3. The summed E-state index contributed by atoms with van der Waals surface area (Å²) in [5.41, 5.74) is -0.774. The van der Waals surface area contributed by atoms with Gasteiger partial charge in [0.05, 0.1) is 0 Å². The molecule has 0 aliphatic carbocycles. The number of aldehydes is 1. The Bertz CT molecular complexity index is 174. The van der Waals surface area contributed by atoms with Crippen molar-refractivity contribution < 1.29 is 14.6 Å². The minimum Gasteiger partial charge on any atom is -0.481 e. The minimum absolute atomic E-state index is 0.131. The molecule has 0 bridgehead atoms. The Morgan fingerprint density at radius 2 is 2.70 bits per heavy atom. The summed E-state index contributed by atoms with van der Waals surface area (Å²) >= 11 is 0. The number of aliphatic hydroxyl groups is 1. The smallest absolute Gasteiger partial charge is 0.273 e. The molecule has 0 aromatic heterocycles. The van der Waals surface area contributed by atoms with E-state index in [-0.39, 0.29) is 5.95 Å². The summed E-state index contributed by atoms with van der Waals surface area (Å²) in [7, 11) is 0. The van der Waals surface area contributed by atoms with E-state index in [1.165, 1.54) is 6.08 Å². The highest BCUT2D eigenvalue weighted by atomic mass is 16.6. The first kappa shape index (κ1) is 7.12. The van der Waals surface area contributed by atoms with Gasteiger partial charge in [-0.1, -0.05) is 6.92 Å². The maximum absolute atomic E-state index is 10.4. The first-order valence-corrected chi connectivity index (χ1v) is 3.27. The largest absolute Gasteiger partial charge is 0.481 e. The predicted molar refractivity (Wildman–Crippen MR) is 35.5 cm³/mol. The van der Waals surface area contributed by atoms with Crippen LogP contribution in [0.1, 0.15) is 19.8 Å². The number of hydrogen-bond acceptors (Lipinski definition) is 3. The molecular weight excluding hydrogens is 132 g/mol. The predicted octanol–water partition coefficient (Wildman–Crippen LogP) is 1.15. The highest BCUT2D eigenvalue weighted by Crippen LogP contribution is 2.27. The second kappa shape index (κ2) is 2.33. The zero-order valence-corrected chi connectivity index (χ0v) is 5.83. The quantitative estimate of drug-likeness (QED) is 0.588. The van der Waals surface area contributed by atoms with Crippen LogP contribution in [0.15, 0.2) is 12.0 Å². The van der Waals surface area contributed by atoms with E-state index in [2.05, 4.69) is 0 Å². The Kier molecular flexibility index (Phi) is 1.66. The van der Waals surface area contributed by atoms with E-state index in [1.54, 1.807) is 0 Å². The van der Waals surface area contributed by atoms with Crippen LogP contribution in [0.3, 0.4) is 0 Å². The van der Waals surface area contributed by atoms with E-state index in [9.17, 15) is 4.79 Å². The lowest BCUT2D eigenvalue weighted by Crippen LogP contribution is -2.28. The molecule has 1 aliphatic rings. The van der Waals surface area contributed by atoms with E-state index >= 15 is 0 Å². The fraction of sp³-hybridized carbons (Fsp3) is 0.571. The molecule has 1 rings (SSSR count). The zero-order valence-electron chi connectivity index (χ0n) is 5.83. The number of ether oxygens (including phenoxy) is 1. The monoisotopic (exact) mass is 142 g/mol. The fourth-order valence-electron chi connectivity index (χ4n) is 0.924. The van der Waals surface area contributed by atoms with Crippen molar-refractivity contribution in [2.75, 3.05) is 0 Å². The molecule has 0 aromatic rings. The topological polar surface area (TPSA) is 46.5 Å². The van der Waals surface area contributed by atoms with E-state index in [0.29, 0.717) is 12.8 Å². The minimum atomic E-state index is -0.774. The number of carbonyl (C=O) groups is 1. The molecular formula is C7H10O3. The van der Waals surface area contributed by atoms with Gasteiger partial charge in [-0.2, -0.15) is 0 Å². The number of carbonyl (C=O) groups excluding carboxylic acids is 1. The van der Waals surface area contributed by atoms with Crippen molar-refractivity contribution in [3.63, 3.8) is 0 Å². The van der Waals surface area contributed by atoms with Gasteiger partial charge in [0.15, 0.2) is 11.9 Å². The van der Waals surface area contributed by atoms with Crippen molar-refractivity contribution in [3.8, 4) is 0 Å². The van der Waals surface area contributed by atoms with Crippen LogP contribution < -0.4 is 0 Å². The maximum Gasteiger partial charge on any atom is 0.273 e. The van der Waals surface area contributed by atoms with E-state index < -0.39 is 5.60 Å². The van der Waals surface area contributed by atoms with E-state index in [1.807, 2.05) is 6.92 Å². The molecule has 0 radical (unpaired) electrons. The maximum atomic E-state index is 10.4. The van der Waals surface area contributed by atoms with Gasteiger partial charge in [0, 0.05) is 12.5 Å². The zero-order chi connectivity index (χ0) is 7.61. The average molecular weight is 142 g/mol. The van der Waals surface area contributed by atoms with Crippen LogP contribution in [0.4, 0.5) is 0 Å². The SMILES string of the molecule is CCC1(C=O)CC=C(O)O1. The first-order valence-electron chi connectivity index (χ1n) is 3.27. The lowest BCUT2D eigenvalue weighted by Gasteiger charge is -2.19. The number of hydrogen-bond donors (Lipinski definition) is 1. The fourth-order valence-corrected chi connectivity index (χ4v) is 0.924. The molecule has 0 amide bonds. The summed E-state index contributed by atoms with van der Waals surface area (Å²) in [6.45, 7) is 1.85. The van der Waals surface area contributed by atoms with Gasteiger partial charge in [-0.15, -0.1) is 0 Å². The van der Waals surface area contributed by atoms with Crippen LogP contribution in [0.25, 0.3) is 0 Å². The molecule has 56 valence electrons. The van der Waals surface area contributed by atoms with Gasteiger partial charge < -0.3 is 9.84 Å². The molecule has 1 heterocycles. The van der Waals surface area contributed by atoms with Crippen molar-refractivity contribution >= 4 is 6.29 Å². The van der Waals surface area contributed by atoms with Crippen molar-refractivity contribution in [2.45, 2.75) is 25.4 Å². The normalized spacial score (nSPS) is 31.1. The first-order chi connectivity index (χ1) is 4.72. The summed E-state index contributed by atoms with van der Waals surface area (Å²) in [4.78, 5) is 10.4. The Morgan fingerprint density at radius 1 is 2.00 bits per heavy atom. The van der Waals surface area contributed by atoms with Gasteiger partial charge in [-0.3, -0.25) is 4.79 Å². The molecule has 3 heteroatoms. The van der Waals surface area contributed by atoms with Crippen LogP contribution in [-0.4, -0.2) is 17.0 Å². The van der Waals surface area contributed by atoms with Crippen LogP contribution in [0.2, 0.25) is 0 Å². The summed E-state index contributed by atoms with van der Waals surface area (Å²) in [5.74, 6) is -0.131. The van der Waals surface area contributed by atoms with Crippen molar-refractivity contribution in [3.05, 3.63) is 12.0 Å². The molecule has 1 atom stereocenters. The molecule has 0 spiro atoms. The van der Waals surface area contributed by atoms with E-state index in [4.69, 9.17) is 9.84 Å². The van der Waals surface area contributed by atoms with Crippen LogP contribution in [0, 0.1) is 0 Å². The molecule has 0 aromatic carbocycles. The molecule has 3 nitrogen and oxygen atoms in total. The Morgan fingerprint density at radius 3 is 2.90 bits per heavy atom. The lowest BCUT2D eigenvalue weighted by atomic mass is 10.0. The highest BCUT2D eigenvalue weighted by molar-refractivity contribution is 5.63. The van der Waals surface area contributed by atoms with Crippen molar-refractivity contribution in [1.29, 1.82) is 0 Å². The third-order valence-electron chi connectivity index (χ3n) is 1.74. The summed E-state index contributed by atoms with van der Waals surface area (Å²) in [6.07, 6.45) is 3.33. The lowest BCUT2D eigenvalue weighted by molar-refractivity contribution is -0.128. The summed E-state index contributed by atoms with van der Waals surface area (Å²) in [5, 5.41) is 8.81. The molecule has 10 heavy (non-hydrogen) atoms. The second-order valence-corrected chi connectivity index (χ2v) is 2.38. The molecule has 1 N–H and O–H groups in total. The molecule has 0 fully saturated rings. The molecule has 0 saturated heterocycles. The van der Waals surface area contributed by atoms with Crippen LogP contribution >= 0.6 is 0 Å². The van der Waals surface area contributed by atoms with Gasteiger partial charge >= 0.3 is 0 Å². The van der Waals surface area contributed by atoms with Crippen molar-refractivity contribution in [2.24, 2.45) is 0 Å². The summed E-state index contributed by atoms with van der Waals surface area (Å²) in [6, 6.07) is 0. The van der Waals surface area contributed by atoms with Gasteiger partial charge in [-0.25, -0.2) is 0 Å². The number of rotatable bonds is 2. The van der Waals surface area contributed by atoms with Crippen molar-refractivity contribution in [1.82, 2.24) is 0 Å². The summed E-state index contributed by atoms with van der Waals surface area (Å²) < 4.78 is 4.90.